The second-order valence-corrected chi connectivity index (χ2v) is 9.03. The Morgan fingerprint density at radius 1 is 1.41 bits per heavy atom. The molecule has 1 unspecified atom stereocenters. The maximum absolute atomic E-state index is 6.03. The van der Waals surface area contributed by atoms with Gasteiger partial charge in [0.1, 0.15) is 15.0 Å². The molecule has 0 amide bonds. The molecule has 3 aromatic rings. The van der Waals surface area contributed by atoms with Crippen molar-refractivity contribution in [2.45, 2.75) is 32.1 Å². The van der Waals surface area contributed by atoms with E-state index in [9.17, 15) is 0 Å². The van der Waals surface area contributed by atoms with Crippen molar-refractivity contribution in [2.75, 3.05) is 19.7 Å². The maximum Gasteiger partial charge on any atom is 0.275 e. The zero-order chi connectivity index (χ0) is 18.9. The molecule has 1 fully saturated rings. The quantitative estimate of drug-likeness (QED) is 0.570. The zero-order valence-electron chi connectivity index (χ0n) is 15.3. The number of aromatic nitrogens is 4. The average molecular weight is 452 g/mol. The van der Waals surface area contributed by atoms with Crippen LogP contribution in [0.2, 0.25) is 0 Å². The molecular weight excluding hydrogens is 430 g/mol. The molecule has 4 heterocycles. The lowest BCUT2D eigenvalue weighted by atomic mass is 9.63. The second-order valence-electron chi connectivity index (χ2n) is 7.28. The molecule has 4 rings (SSSR count). The van der Waals surface area contributed by atoms with E-state index in [-0.39, 0.29) is 5.41 Å². The molecule has 3 aromatic heterocycles. The molecule has 0 radical (unpaired) electrons. The van der Waals surface area contributed by atoms with Crippen LogP contribution in [0.3, 0.4) is 0 Å². The van der Waals surface area contributed by atoms with E-state index in [2.05, 4.69) is 55.4 Å². The van der Waals surface area contributed by atoms with Crippen LogP contribution in [0.25, 0.3) is 10.3 Å². The molecule has 1 aliphatic heterocycles. The summed E-state index contributed by atoms with van der Waals surface area (Å²) < 4.78 is 12.4. The summed E-state index contributed by atoms with van der Waals surface area (Å²) in [5.74, 6) is 1.80. The third kappa shape index (κ3) is 3.72. The minimum absolute atomic E-state index is 0.124. The lowest BCUT2D eigenvalue weighted by molar-refractivity contribution is 0.0902. The van der Waals surface area contributed by atoms with Crippen LogP contribution >= 0.6 is 27.3 Å². The molecule has 2 atom stereocenters. The third-order valence-electron chi connectivity index (χ3n) is 5.45. The molecule has 27 heavy (non-hydrogen) atoms. The topological polar surface area (TPSA) is 86.0 Å². The molecule has 0 aromatic carbocycles. The fraction of sp³-hybridized carbons (Fsp3) is 0.556. The van der Waals surface area contributed by atoms with E-state index in [1.54, 1.807) is 6.20 Å². The molecule has 0 saturated carbocycles. The number of pyridine rings is 1. The molecular formula is C18H22BrN5O2S. The molecule has 1 N–H and O–H groups in total. The number of rotatable bonds is 6. The maximum atomic E-state index is 6.03. The summed E-state index contributed by atoms with van der Waals surface area (Å²) in [6.45, 7) is 6.98. The van der Waals surface area contributed by atoms with Gasteiger partial charge in [-0.1, -0.05) is 25.2 Å². The predicted octanol–water partition coefficient (Wildman–Crippen LogP) is 3.81. The van der Waals surface area contributed by atoms with Gasteiger partial charge >= 0.3 is 0 Å². The number of hydrogen-bond acceptors (Lipinski definition) is 8. The van der Waals surface area contributed by atoms with Gasteiger partial charge in [-0.3, -0.25) is 0 Å². The molecule has 0 bridgehead atoms. The number of halogens is 1. The summed E-state index contributed by atoms with van der Waals surface area (Å²) in [6, 6.07) is 3.83. The van der Waals surface area contributed by atoms with Gasteiger partial charge in [-0.15, -0.1) is 5.10 Å². The SMILES string of the molecule is CC(C)C1CNCC[C@@]1(CCOc1nc2ccc(Br)nc2s1)c1cnno1. The number of hydrogen-bond donors (Lipinski definition) is 1. The van der Waals surface area contributed by atoms with Crippen LogP contribution in [-0.4, -0.2) is 40.0 Å². The molecule has 7 nitrogen and oxygen atoms in total. The van der Waals surface area contributed by atoms with Crippen LogP contribution in [-0.2, 0) is 5.41 Å². The Balaban J connectivity index is 1.53. The number of nitrogens with one attached hydrogen (secondary N) is 1. The van der Waals surface area contributed by atoms with Crippen molar-refractivity contribution in [3.63, 3.8) is 0 Å². The molecule has 144 valence electrons. The Morgan fingerprint density at radius 2 is 2.30 bits per heavy atom. The van der Waals surface area contributed by atoms with Gasteiger partial charge < -0.3 is 14.6 Å². The van der Waals surface area contributed by atoms with Crippen molar-refractivity contribution >= 4 is 37.6 Å². The van der Waals surface area contributed by atoms with Crippen LogP contribution in [0.5, 0.6) is 5.19 Å². The van der Waals surface area contributed by atoms with Gasteiger partial charge in [0.15, 0.2) is 5.76 Å². The number of thiazole rings is 1. The fourth-order valence-electron chi connectivity index (χ4n) is 4.11. The van der Waals surface area contributed by atoms with Gasteiger partial charge in [-0.05, 0) is 65.8 Å². The van der Waals surface area contributed by atoms with E-state index in [4.69, 9.17) is 9.26 Å². The van der Waals surface area contributed by atoms with Crippen molar-refractivity contribution in [1.82, 2.24) is 25.7 Å². The highest BCUT2D eigenvalue weighted by molar-refractivity contribution is 9.10. The highest BCUT2D eigenvalue weighted by atomic mass is 79.9. The number of nitrogens with zero attached hydrogens (tertiary/aromatic N) is 4. The van der Waals surface area contributed by atoms with E-state index < -0.39 is 0 Å². The summed E-state index contributed by atoms with van der Waals surface area (Å²) in [5, 5.41) is 11.8. The minimum atomic E-state index is -0.124. The Labute approximate surface area is 170 Å². The first kappa shape index (κ1) is 18.8. The van der Waals surface area contributed by atoms with Crippen LogP contribution in [0.1, 0.15) is 32.4 Å². The average Bonchev–Trinajstić information content (AvgIpc) is 3.31. The van der Waals surface area contributed by atoms with E-state index in [1.165, 1.54) is 11.3 Å². The smallest absolute Gasteiger partial charge is 0.275 e. The van der Waals surface area contributed by atoms with Crippen molar-refractivity contribution in [3.8, 4) is 5.19 Å². The standard InChI is InChI=1S/C18H22BrN5O2S/c1-11(2)12-9-20-7-5-18(12,14-10-21-24-26-14)6-8-25-17-22-13-3-4-15(19)23-16(13)27-17/h3-4,10-12,20H,5-9H2,1-2H3/t12?,18-/m0/s1. The largest absolute Gasteiger partial charge is 0.470 e. The van der Waals surface area contributed by atoms with Crippen LogP contribution < -0.4 is 10.1 Å². The van der Waals surface area contributed by atoms with Crippen LogP contribution in [0.4, 0.5) is 0 Å². The minimum Gasteiger partial charge on any atom is -0.470 e. The van der Waals surface area contributed by atoms with E-state index in [0.717, 1.165) is 46.6 Å². The molecule has 1 aliphatic rings. The molecule has 0 aliphatic carbocycles. The number of fused-ring (bicyclic) bond motifs is 1. The lowest BCUT2D eigenvalue weighted by Gasteiger charge is -2.44. The highest BCUT2D eigenvalue weighted by Crippen LogP contribution is 2.44. The summed E-state index contributed by atoms with van der Waals surface area (Å²) in [7, 11) is 0. The first-order chi connectivity index (χ1) is 13.1. The van der Waals surface area contributed by atoms with Gasteiger partial charge in [0, 0.05) is 10.7 Å². The Hall–Kier alpha value is -1.58. The lowest BCUT2D eigenvalue weighted by Crippen LogP contribution is -2.50. The van der Waals surface area contributed by atoms with E-state index in [0.29, 0.717) is 23.6 Å². The first-order valence-electron chi connectivity index (χ1n) is 9.13. The van der Waals surface area contributed by atoms with E-state index in [1.807, 2.05) is 12.1 Å². The van der Waals surface area contributed by atoms with Crippen molar-refractivity contribution in [2.24, 2.45) is 11.8 Å². The second kappa shape index (κ2) is 7.81. The summed E-state index contributed by atoms with van der Waals surface area (Å²) in [6.07, 6.45) is 3.58. The highest BCUT2D eigenvalue weighted by Gasteiger charge is 2.46. The molecule has 1 saturated heterocycles. The number of piperidine rings is 1. The van der Waals surface area contributed by atoms with Gasteiger partial charge in [0.25, 0.3) is 5.19 Å². The van der Waals surface area contributed by atoms with Crippen molar-refractivity contribution in [3.05, 3.63) is 28.7 Å². The van der Waals surface area contributed by atoms with Gasteiger partial charge in [0.2, 0.25) is 0 Å². The predicted molar refractivity (Wildman–Crippen MR) is 107 cm³/mol. The van der Waals surface area contributed by atoms with E-state index >= 15 is 0 Å². The summed E-state index contributed by atoms with van der Waals surface area (Å²) in [5.41, 5.74) is 0.732. The number of ether oxygens (including phenoxy) is 1. The Kier molecular flexibility index (Phi) is 5.43. The summed E-state index contributed by atoms with van der Waals surface area (Å²) in [4.78, 5) is 9.84. The van der Waals surface area contributed by atoms with Crippen molar-refractivity contribution in [1.29, 1.82) is 0 Å². The zero-order valence-corrected chi connectivity index (χ0v) is 17.7. The monoisotopic (exact) mass is 451 g/mol. The molecule has 0 spiro atoms. The van der Waals surface area contributed by atoms with Crippen LogP contribution in [0.15, 0.2) is 27.5 Å². The van der Waals surface area contributed by atoms with Gasteiger partial charge in [0.05, 0.1) is 12.8 Å². The third-order valence-corrected chi connectivity index (χ3v) is 6.77. The van der Waals surface area contributed by atoms with Crippen molar-refractivity contribution < 1.29 is 9.26 Å². The normalized spacial score (nSPS) is 23.2. The van der Waals surface area contributed by atoms with Gasteiger partial charge in [-0.25, -0.2) is 9.97 Å². The Bertz CT molecular complexity index is 900. The van der Waals surface area contributed by atoms with Gasteiger partial charge in [-0.2, -0.15) is 0 Å². The summed E-state index contributed by atoms with van der Waals surface area (Å²) >= 11 is 4.86. The Morgan fingerprint density at radius 3 is 3.07 bits per heavy atom. The fourth-order valence-corrected chi connectivity index (χ4v) is 5.35. The van der Waals surface area contributed by atoms with Crippen LogP contribution in [0, 0.1) is 11.8 Å². The molecule has 9 heteroatoms. The first-order valence-corrected chi connectivity index (χ1v) is 10.7.